The second kappa shape index (κ2) is 5.50. The predicted molar refractivity (Wildman–Crippen MR) is 42.2 cm³/mol. The van der Waals surface area contributed by atoms with Crippen LogP contribution >= 0.6 is 0 Å². The lowest BCUT2D eigenvalue weighted by atomic mass is 10.6. The van der Waals surface area contributed by atoms with E-state index in [4.69, 9.17) is 0 Å². The van der Waals surface area contributed by atoms with Crippen molar-refractivity contribution >= 4 is 8.80 Å². The molecular weight excluding hydrogens is 281 g/mol. The first-order valence-electron chi connectivity index (χ1n) is 4.15. The van der Waals surface area contributed by atoms with Gasteiger partial charge in [0.15, 0.2) is 6.86 Å². The maximum Gasteiger partial charge on any atom is 0.518 e. The molecule has 0 aromatic carbocycles. The van der Waals surface area contributed by atoms with Crippen molar-refractivity contribution in [2.45, 2.75) is 32.1 Å². The molecule has 0 fully saturated rings. The summed E-state index contributed by atoms with van der Waals surface area (Å²) in [5.41, 5.74) is -1.43. The molecule has 0 unspecified atom stereocenters. The highest BCUT2D eigenvalue weighted by atomic mass is 28.4. The van der Waals surface area contributed by atoms with E-state index in [0.717, 1.165) is 13.8 Å². The Kier molecular flexibility index (Phi) is 5.37. The lowest BCUT2D eigenvalue weighted by Crippen LogP contribution is -2.54. The molecule has 0 rings (SSSR count). The van der Waals surface area contributed by atoms with Crippen LogP contribution in [-0.4, -0.2) is 28.4 Å². The first-order chi connectivity index (χ1) is 7.42. The van der Waals surface area contributed by atoms with E-state index in [1.54, 1.807) is 0 Å². The van der Waals surface area contributed by atoms with Crippen LogP contribution < -0.4 is 0 Å². The molecule has 0 aromatic heterocycles. The van der Waals surface area contributed by atoms with Crippen LogP contribution in [0.3, 0.4) is 0 Å². The van der Waals surface area contributed by atoms with Crippen molar-refractivity contribution in [2.75, 3.05) is 6.86 Å². The van der Waals surface area contributed by atoms with Crippen LogP contribution in [0.25, 0.3) is 0 Å². The van der Waals surface area contributed by atoms with Crippen LogP contribution in [0.2, 0.25) is 5.54 Å². The van der Waals surface area contributed by atoms with Crippen molar-refractivity contribution < 1.29 is 44.0 Å². The predicted octanol–water partition coefficient (Wildman–Crippen LogP) is 3.35. The molecule has 0 radical (unpaired) electrons. The van der Waals surface area contributed by atoms with Crippen molar-refractivity contribution in [3.05, 3.63) is 0 Å². The Morgan fingerprint density at radius 2 is 1.29 bits per heavy atom. The Labute approximate surface area is 92.8 Å². The third-order valence-corrected chi connectivity index (χ3v) is 4.44. The minimum atomic E-state index is -5.42. The van der Waals surface area contributed by atoms with E-state index < -0.39 is 33.9 Å². The molecule has 0 aromatic rings. The summed E-state index contributed by atoms with van der Waals surface area (Å²) in [5, 5.41) is 0. The molecule has 0 spiro atoms. The summed E-state index contributed by atoms with van der Waals surface area (Å²) in [5.74, 6) is 0. The third-order valence-electron chi connectivity index (χ3n) is 1.48. The van der Waals surface area contributed by atoms with Crippen LogP contribution in [0.4, 0.5) is 30.7 Å². The summed E-state index contributed by atoms with van der Waals surface area (Å²) in [6, 6.07) is 0. The van der Waals surface area contributed by atoms with Gasteiger partial charge in [-0.05, 0) is 0 Å². The molecule has 104 valence electrons. The number of hydrogen-bond acceptors (Lipinski definition) is 3. The van der Waals surface area contributed by atoms with E-state index in [0.29, 0.717) is 0 Å². The summed E-state index contributed by atoms with van der Waals surface area (Å²) in [4.78, 5) is 0. The minimum Gasteiger partial charge on any atom is -0.344 e. The van der Waals surface area contributed by atoms with Crippen molar-refractivity contribution in [3.63, 3.8) is 0 Å². The van der Waals surface area contributed by atoms with E-state index >= 15 is 0 Å². The molecule has 0 atom stereocenters. The van der Waals surface area contributed by atoms with Gasteiger partial charge in [-0.25, -0.2) is 4.39 Å². The van der Waals surface area contributed by atoms with E-state index in [-0.39, 0.29) is 0 Å². The molecule has 0 aliphatic heterocycles. The summed E-state index contributed by atoms with van der Waals surface area (Å²) >= 11 is 0. The summed E-state index contributed by atoms with van der Waals surface area (Å²) in [6.07, 6.45) is -10.8. The molecule has 0 heterocycles. The second-order valence-corrected chi connectivity index (χ2v) is 6.17. The molecule has 0 amide bonds. The summed E-state index contributed by atoms with van der Waals surface area (Å²) in [7, 11) is -5.27. The molecular formula is C6H9F7O3Si. The highest BCUT2D eigenvalue weighted by molar-refractivity contribution is 6.62. The number of alkyl halides is 7. The van der Waals surface area contributed by atoms with Gasteiger partial charge in [-0.3, -0.25) is 8.85 Å². The standard InChI is InChI=1S/C6H9F7O3Si/c1-4(2)17(14-3-7,15-5(8,9)10)16-6(11,12)13/h4H,3H2,1-2H3. The number of halogens is 7. The van der Waals surface area contributed by atoms with Crippen LogP contribution in [0.5, 0.6) is 0 Å². The molecule has 0 N–H and O–H groups in total. The van der Waals surface area contributed by atoms with Gasteiger partial charge in [0.1, 0.15) is 0 Å². The maximum atomic E-state index is 12.0. The van der Waals surface area contributed by atoms with Gasteiger partial charge in [0.05, 0.1) is 0 Å². The molecule has 0 bridgehead atoms. The minimum absolute atomic E-state index is 0.944. The van der Waals surface area contributed by atoms with Crippen molar-refractivity contribution in [3.8, 4) is 0 Å². The molecule has 0 aliphatic carbocycles. The van der Waals surface area contributed by atoms with E-state index in [1.807, 2.05) is 0 Å². The average Bonchev–Trinajstić information content (AvgIpc) is 1.96. The van der Waals surface area contributed by atoms with Gasteiger partial charge < -0.3 is 4.43 Å². The van der Waals surface area contributed by atoms with E-state index in [9.17, 15) is 30.7 Å². The normalized spacial score (nSPS) is 14.5. The zero-order valence-electron chi connectivity index (χ0n) is 8.65. The molecule has 0 saturated carbocycles. The van der Waals surface area contributed by atoms with Gasteiger partial charge in [0.2, 0.25) is 0 Å². The van der Waals surface area contributed by atoms with Crippen LogP contribution in [0.15, 0.2) is 0 Å². The molecule has 3 nitrogen and oxygen atoms in total. The lowest BCUT2D eigenvalue weighted by molar-refractivity contribution is -0.338. The summed E-state index contributed by atoms with van der Waals surface area (Å²) < 4.78 is 94.1. The fraction of sp³-hybridized carbons (Fsp3) is 1.00. The second-order valence-electron chi connectivity index (χ2n) is 3.11. The van der Waals surface area contributed by atoms with Gasteiger partial charge in [-0.2, -0.15) is 0 Å². The SMILES string of the molecule is CC(C)[Si](OCF)(OC(F)(F)F)OC(F)(F)F. The topological polar surface area (TPSA) is 27.7 Å². The smallest absolute Gasteiger partial charge is 0.344 e. The van der Waals surface area contributed by atoms with Crippen LogP contribution in [-0.2, 0) is 13.3 Å². The molecule has 11 heteroatoms. The van der Waals surface area contributed by atoms with Gasteiger partial charge in [-0.15, -0.1) is 26.3 Å². The third kappa shape index (κ3) is 6.19. The maximum absolute atomic E-state index is 12.0. The monoisotopic (exact) mass is 290 g/mol. The Balaban J connectivity index is 5.13. The molecule has 0 saturated heterocycles. The van der Waals surface area contributed by atoms with E-state index in [2.05, 4.69) is 13.3 Å². The average molecular weight is 290 g/mol. The zero-order chi connectivity index (χ0) is 13.9. The lowest BCUT2D eigenvalue weighted by Gasteiger charge is -2.32. The van der Waals surface area contributed by atoms with Crippen LogP contribution in [0, 0.1) is 0 Å². The van der Waals surface area contributed by atoms with E-state index in [1.165, 1.54) is 0 Å². The van der Waals surface area contributed by atoms with Crippen molar-refractivity contribution in [1.29, 1.82) is 0 Å². The highest BCUT2D eigenvalue weighted by Gasteiger charge is 2.59. The molecule has 0 aliphatic rings. The van der Waals surface area contributed by atoms with Gasteiger partial charge >= 0.3 is 21.5 Å². The number of rotatable bonds is 5. The fourth-order valence-corrected chi connectivity index (χ4v) is 2.64. The summed E-state index contributed by atoms with van der Waals surface area (Å²) in [6.45, 7) is 0.00921. The Hall–Kier alpha value is -0.393. The number of hydrogen-bond donors (Lipinski definition) is 0. The van der Waals surface area contributed by atoms with Crippen molar-refractivity contribution in [2.24, 2.45) is 0 Å². The van der Waals surface area contributed by atoms with Gasteiger partial charge in [0, 0.05) is 5.54 Å². The first kappa shape index (κ1) is 16.6. The Bertz CT molecular complexity index is 223. The highest BCUT2D eigenvalue weighted by Crippen LogP contribution is 2.36. The van der Waals surface area contributed by atoms with Crippen molar-refractivity contribution in [1.82, 2.24) is 0 Å². The fourth-order valence-electron chi connectivity index (χ4n) is 0.881. The van der Waals surface area contributed by atoms with Crippen LogP contribution in [0.1, 0.15) is 13.8 Å². The quantitative estimate of drug-likeness (QED) is 0.574. The largest absolute Gasteiger partial charge is 0.518 e. The van der Waals surface area contributed by atoms with Gasteiger partial charge in [0.25, 0.3) is 0 Å². The first-order valence-corrected chi connectivity index (χ1v) is 5.96. The zero-order valence-corrected chi connectivity index (χ0v) is 9.65. The van der Waals surface area contributed by atoms with Gasteiger partial charge in [-0.1, -0.05) is 13.8 Å². The molecule has 17 heavy (non-hydrogen) atoms. The Morgan fingerprint density at radius 3 is 1.47 bits per heavy atom. The Morgan fingerprint density at radius 1 is 0.941 bits per heavy atom.